The second-order valence-electron chi connectivity index (χ2n) is 9.31. The van der Waals surface area contributed by atoms with Gasteiger partial charge in [-0.3, -0.25) is 13.9 Å². The molecule has 2 amide bonds. The quantitative estimate of drug-likeness (QED) is 0.287. The van der Waals surface area contributed by atoms with Crippen LogP contribution in [0.15, 0.2) is 108 Å². The summed E-state index contributed by atoms with van der Waals surface area (Å²) >= 11 is 0. The number of nitrogens with one attached hydrogen (secondary N) is 2. The van der Waals surface area contributed by atoms with Crippen LogP contribution in [-0.2, 0) is 14.8 Å². The molecule has 0 bridgehead atoms. The third-order valence-corrected chi connectivity index (χ3v) is 8.15. The van der Waals surface area contributed by atoms with Crippen molar-refractivity contribution in [2.24, 2.45) is 0 Å². The smallest absolute Gasteiger partial charge is 0.264 e. The lowest BCUT2D eigenvalue weighted by atomic mass is 10.1. The van der Waals surface area contributed by atoms with Gasteiger partial charge in [-0.25, -0.2) is 8.42 Å². The van der Waals surface area contributed by atoms with Gasteiger partial charge in [0.05, 0.1) is 27.9 Å². The number of amides is 2. The van der Waals surface area contributed by atoms with Crippen molar-refractivity contribution in [3.05, 3.63) is 125 Å². The maximum absolute atomic E-state index is 13.7. The first-order chi connectivity index (χ1) is 18.7. The summed E-state index contributed by atoms with van der Waals surface area (Å²) in [5.41, 5.74) is 3.54. The van der Waals surface area contributed by atoms with E-state index in [2.05, 4.69) is 10.6 Å². The molecule has 1 atom stereocenters. The van der Waals surface area contributed by atoms with Gasteiger partial charge in [-0.05, 0) is 62.2 Å². The van der Waals surface area contributed by atoms with Crippen LogP contribution >= 0.6 is 0 Å². The number of nitrogens with zero attached hydrogens (tertiary/aromatic N) is 1. The second-order valence-corrected chi connectivity index (χ2v) is 11.2. The summed E-state index contributed by atoms with van der Waals surface area (Å²) in [6.07, 6.45) is 0. The van der Waals surface area contributed by atoms with Gasteiger partial charge < -0.3 is 10.6 Å². The van der Waals surface area contributed by atoms with Crippen molar-refractivity contribution in [1.29, 1.82) is 0 Å². The zero-order chi connectivity index (χ0) is 28.0. The standard InChI is InChI=1S/C31H31N3O4S/c1-22-17-19-26(20-18-22)39(37,38)34(29-16-10-7-11-23(29)2)21-30(35)33-28-15-9-8-14-27(28)31(36)32-24(3)25-12-5-4-6-13-25/h4-20,24H,21H2,1-3H3,(H,32,36)(H,33,35)/t24-/m0/s1. The van der Waals surface area contributed by atoms with Gasteiger partial charge in [0.1, 0.15) is 6.54 Å². The van der Waals surface area contributed by atoms with Crippen LogP contribution in [0.4, 0.5) is 11.4 Å². The van der Waals surface area contributed by atoms with Crippen LogP contribution in [0.3, 0.4) is 0 Å². The molecule has 8 heteroatoms. The Labute approximate surface area is 229 Å². The molecule has 0 saturated heterocycles. The third-order valence-electron chi connectivity index (χ3n) is 6.37. The Morgan fingerprint density at radius 3 is 2.10 bits per heavy atom. The molecular formula is C31H31N3O4S. The van der Waals surface area contributed by atoms with Gasteiger partial charge in [-0.1, -0.05) is 78.4 Å². The Bertz CT molecular complexity index is 1570. The fourth-order valence-corrected chi connectivity index (χ4v) is 5.68. The number of hydrogen-bond acceptors (Lipinski definition) is 4. The highest BCUT2D eigenvalue weighted by Gasteiger charge is 2.28. The zero-order valence-electron chi connectivity index (χ0n) is 22.1. The molecule has 0 fully saturated rings. The predicted molar refractivity (Wildman–Crippen MR) is 154 cm³/mol. The highest BCUT2D eigenvalue weighted by Crippen LogP contribution is 2.27. The average Bonchev–Trinajstić information content (AvgIpc) is 2.93. The largest absolute Gasteiger partial charge is 0.345 e. The van der Waals surface area contributed by atoms with Crippen molar-refractivity contribution in [2.45, 2.75) is 31.7 Å². The second kappa shape index (κ2) is 12.0. The molecular weight excluding hydrogens is 510 g/mol. The van der Waals surface area contributed by atoms with Crippen molar-refractivity contribution in [1.82, 2.24) is 5.32 Å². The Morgan fingerprint density at radius 1 is 0.795 bits per heavy atom. The van der Waals surface area contributed by atoms with E-state index in [1.54, 1.807) is 67.6 Å². The highest BCUT2D eigenvalue weighted by atomic mass is 32.2. The van der Waals surface area contributed by atoms with Crippen LogP contribution in [0.1, 0.15) is 40.0 Å². The molecule has 0 unspecified atom stereocenters. The third kappa shape index (κ3) is 6.53. The lowest BCUT2D eigenvalue weighted by Gasteiger charge is -2.26. The molecule has 4 rings (SSSR count). The summed E-state index contributed by atoms with van der Waals surface area (Å²) in [5.74, 6) is -0.935. The fraction of sp³-hybridized carbons (Fsp3) is 0.161. The number of hydrogen-bond donors (Lipinski definition) is 2. The summed E-state index contributed by atoms with van der Waals surface area (Å²) in [5, 5.41) is 5.70. The summed E-state index contributed by atoms with van der Waals surface area (Å²) in [4.78, 5) is 26.5. The van der Waals surface area contributed by atoms with Gasteiger partial charge in [-0.2, -0.15) is 0 Å². The Balaban J connectivity index is 1.59. The van der Waals surface area contributed by atoms with E-state index < -0.39 is 22.5 Å². The van der Waals surface area contributed by atoms with E-state index in [0.717, 1.165) is 15.4 Å². The van der Waals surface area contributed by atoms with E-state index in [4.69, 9.17) is 0 Å². The van der Waals surface area contributed by atoms with Gasteiger partial charge in [0.25, 0.3) is 15.9 Å². The lowest BCUT2D eigenvalue weighted by molar-refractivity contribution is -0.114. The van der Waals surface area contributed by atoms with Gasteiger partial charge in [0.2, 0.25) is 5.91 Å². The monoisotopic (exact) mass is 541 g/mol. The van der Waals surface area contributed by atoms with Gasteiger partial charge >= 0.3 is 0 Å². The van der Waals surface area contributed by atoms with Gasteiger partial charge in [0, 0.05) is 0 Å². The molecule has 4 aromatic carbocycles. The number of benzene rings is 4. The molecule has 0 aliphatic carbocycles. The van der Waals surface area contributed by atoms with Gasteiger partial charge in [-0.15, -0.1) is 0 Å². The van der Waals surface area contributed by atoms with Crippen LogP contribution in [0.25, 0.3) is 0 Å². The maximum Gasteiger partial charge on any atom is 0.264 e. The predicted octanol–water partition coefficient (Wildman–Crippen LogP) is 5.63. The van der Waals surface area contributed by atoms with Crippen molar-refractivity contribution in [3.8, 4) is 0 Å². The van der Waals surface area contributed by atoms with Crippen molar-refractivity contribution >= 4 is 33.2 Å². The Kier molecular flexibility index (Phi) is 8.46. The van der Waals surface area contributed by atoms with E-state index >= 15 is 0 Å². The first-order valence-electron chi connectivity index (χ1n) is 12.6. The van der Waals surface area contributed by atoms with E-state index in [0.29, 0.717) is 11.3 Å². The fourth-order valence-electron chi connectivity index (χ4n) is 4.19. The van der Waals surface area contributed by atoms with Crippen LogP contribution in [-0.4, -0.2) is 26.8 Å². The molecule has 0 aliphatic heterocycles. The molecule has 0 radical (unpaired) electrons. The highest BCUT2D eigenvalue weighted by molar-refractivity contribution is 7.92. The molecule has 0 aliphatic rings. The van der Waals surface area contributed by atoms with Crippen LogP contribution < -0.4 is 14.9 Å². The van der Waals surface area contributed by atoms with Crippen molar-refractivity contribution in [3.63, 3.8) is 0 Å². The van der Waals surface area contributed by atoms with Crippen LogP contribution in [0, 0.1) is 13.8 Å². The minimum Gasteiger partial charge on any atom is -0.345 e. The summed E-state index contributed by atoms with van der Waals surface area (Å²) in [6.45, 7) is 5.07. The number of sulfonamides is 1. The van der Waals surface area contributed by atoms with Crippen molar-refractivity contribution < 1.29 is 18.0 Å². The number of carbonyl (C=O) groups excluding carboxylic acids is 2. The lowest BCUT2D eigenvalue weighted by Crippen LogP contribution is -2.39. The van der Waals surface area contributed by atoms with E-state index in [1.165, 1.54) is 12.1 Å². The maximum atomic E-state index is 13.7. The first-order valence-corrected chi connectivity index (χ1v) is 14.0. The Hall–Kier alpha value is -4.43. The molecule has 39 heavy (non-hydrogen) atoms. The molecule has 0 spiro atoms. The average molecular weight is 542 g/mol. The molecule has 0 heterocycles. The van der Waals surface area contributed by atoms with Crippen LogP contribution in [0.2, 0.25) is 0 Å². The number of anilines is 2. The minimum absolute atomic E-state index is 0.0823. The van der Waals surface area contributed by atoms with Crippen LogP contribution in [0.5, 0.6) is 0 Å². The molecule has 200 valence electrons. The topological polar surface area (TPSA) is 95.6 Å². The summed E-state index contributed by atoms with van der Waals surface area (Å²) < 4.78 is 28.5. The summed E-state index contributed by atoms with van der Waals surface area (Å²) in [7, 11) is -4.06. The van der Waals surface area contributed by atoms with Crippen molar-refractivity contribution in [2.75, 3.05) is 16.2 Å². The minimum atomic E-state index is -4.06. The number of aryl methyl sites for hydroxylation is 2. The number of para-hydroxylation sites is 2. The van der Waals surface area contributed by atoms with E-state index in [1.807, 2.05) is 44.2 Å². The molecule has 2 N–H and O–H groups in total. The number of carbonyl (C=O) groups is 2. The zero-order valence-corrected chi connectivity index (χ0v) is 22.9. The molecule has 7 nitrogen and oxygen atoms in total. The normalized spacial score (nSPS) is 11.9. The summed E-state index contributed by atoms with van der Waals surface area (Å²) in [6, 6.07) is 29.4. The van der Waals surface area contributed by atoms with E-state index in [-0.39, 0.29) is 28.1 Å². The van der Waals surface area contributed by atoms with E-state index in [9.17, 15) is 18.0 Å². The Morgan fingerprint density at radius 2 is 1.41 bits per heavy atom. The first kappa shape index (κ1) is 27.6. The molecule has 4 aromatic rings. The number of rotatable bonds is 9. The molecule has 0 aromatic heterocycles. The SMILES string of the molecule is Cc1ccc(S(=O)(=O)N(CC(=O)Nc2ccccc2C(=O)N[C@@H](C)c2ccccc2)c2ccccc2C)cc1. The van der Waals surface area contributed by atoms with Gasteiger partial charge in [0.15, 0.2) is 0 Å². The molecule has 0 saturated carbocycles.